The van der Waals surface area contributed by atoms with Crippen LogP contribution in [0.1, 0.15) is 20.8 Å². The van der Waals surface area contributed by atoms with Crippen molar-refractivity contribution in [2.24, 2.45) is 0 Å². The molecule has 0 nitrogen and oxygen atoms in total. The van der Waals surface area contributed by atoms with Crippen LogP contribution in [0, 0.1) is 0 Å². The van der Waals surface area contributed by atoms with Gasteiger partial charge in [-0.25, -0.2) is 0 Å². The van der Waals surface area contributed by atoms with Crippen molar-refractivity contribution in [1.82, 2.24) is 0 Å². The van der Waals surface area contributed by atoms with Crippen LogP contribution in [0.15, 0.2) is 60.7 Å². The first kappa shape index (κ1) is 12.5. The molecule has 0 bridgehead atoms. The van der Waals surface area contributed by atoms with Crippen LogP contribution in [0.4, 0.5) is 0 Å². The third-order valence-electron chi connectivity index (χ3n) is 3.13. The fourth-order valence-electron chi connectivity index (χ4n) is 2.48. The zero-order valence-corrected chi connectivity index (χ0v) is 13.3. The predicted molar refractivity (Wildman–Crippen MR) is 77.6 cm³/mol. The molecule has 0 N–H and O–H groups in total. The summed E-state index contributed by atoms with van der Waals surface area (Å²) in [4.78, 5) is 0. The van der Waals surface area contributed by atoms with E-state index in [0.29, 0.717) is 3.97 Å². The van der Waals surface area contributed by atoms with Crippen molar-refractivity contribution in [3.63, 3.8) is 0 Å². The Kier molecular flexibility index (Phi) is 3.80. The van der Waals surface area contributed by atoms with Crippen molar-refractivity contribution < 1.29 is 0 Å². The molecule has 0 atom stereocenters. The predicted octanol–water partition coefficient (Wildman–Crippen LogP) is 3.10. The van der Waals surface area contributed by atoms with E-state index in [9.17, 15) is 0 Å². The zero-order chi connectivity index (χ0) is 12.3. The molecule has 0 aliphatic carbocycles. The standard InChI is InChI=1S/2C6H5.C4H9.Ga/c2*1-2-4-6-5-3-1;1-4(2)3;/h2*1-5H;1-3H3;. The Balaban J connectivity index is 2.48. The van der Waals surface area contributed by atoms with E-state index >= 15 is 0 Å². The van der Waals surface area contributed by atoms with Gasteiger partial charge in [0.15, 0.2) is 0 Å². The maximum atomic E-state index is 2.39. The van der Waals surface area contributed by atoms with Crippen molar-refractivity contribution in [3.8, 4) is 0 Å². The molecule has 1 heteroatoms. The summed E-state index contributed by atoms with van der Waals surface area (Å²) in [6, 6.07) is 22.1. The van der Waals surface area contributed by atoms with Crippen LogP contribution in [-0.4, -0.2) is 16.2 Å². The summed E-state index contributed by atoms with van der Waals surface area (Å²) in [6.45, 7) is 7.16. The van der Waals surface area contributed by atoms with Gasteiger partial charge in [0, 0.05) is 0 Å². The number of rotatable bonds is 2. The average Bonchev–Trinajstić information content (AvgIpc) is 2.30. The quantitative estimate of drug-likeness (QED) is 0.742. The van der Waals surface area contributed by atoms with E-state index < -0.39 is 16.2 Å². The van der Waals surface area contributed by atoms with Crippen LogP contribution in [0.2, 0.25) is 3.97 Å². The molecule has 0 aromatic heterocycles. The molecule has 0 aliphatic heterocycles. The van der Waals surface area contributed by atoms with Crippen molar-refractivity contribution in [2.75, 3.05) is 0 Å². The fourth-order valence-corrected chi connectivity index (χ4v) is 10.0. The number of hydrogen-bond donors (Lipinski definition) is 0. The fraction of sp³-hybridized carbons (Fsp3) is 0.250. The van der Waals surface area contributed by atoms with E-state index in [1.54, 1.807) is 8.24 Å². The van der Waals surface area contributed by atoms with Gasteiger partial charge in [0.05, 0.1) is 0 Å². The first-order valence-electron chi connectivity index (χ1n) is 6.19. The van der Waals surface area contributed by atoms with Gasteiger partial charge in [-0.3, -0.25) is 0 Å². The summed E-state index contributed by atoms with van der Waals surface area (Å²) >= 11 is -1.69. The Morgan fingerprint density at radius 1 is 0.647 bits per heavy atom. The normalized spacial score (nSPS) is 11.2. The summed E-state index contributed by atoms with van der Waals surface area (Å²) in [6.07, 6.45) is 0. The Bertz CT molecular complexity index is 414. The Morgan fingerprint density at radius 3 is 1.29 bits per heavy atom. The second-order valence-corrected chi connectivity index (χ2v) is 13.9. The minimum absolute atomic E-state index is 0.412. The third-order valence-corrected chi connectivity index (χ3v) is 11.2. The molecule has 0 radical (unpaired) electrons. The van der Waals surface area contributed by atoms with Gasteiger partial charge < -0.3 is 0 Å². The Hall–Kier alpha value is -0.924. The molecule has 0 saturated heterocycles. The van der Waals surface area contributed by atoms with Crippen LogP contribution < -0.4 is 8.24 Å². The topological polar surface area (TPSA) is 0 Å². The zero-order valence-electron chi connectivity index (χ0n) is 10.9. The van der Waals surface area contributed by atoms with E-state index in [0.717, 1.165) is 0 Å². The van der Waals surface area contributed by atoms with Crippen molar-refractivity contribution >= 4 is 24.5 Å². The molecule has 0 amide bonds. The van der Waals surface area contributed by atoms with Crippen LogP contribution in [0.25, 0.3) is 0 Å². The van der Waals surface area contributed by atoms with Gasteiger partial charge in [-0.1, -0.05) is 0 Å². The summed E-state index contributed by atoms with van der Waals surface area (Å²) in [7, 11) is 0. The second kappa shape index (κ2) is 5.15. The van der Waals surface area contributed by atoms with E-state index in [2.05, 4.69) is 81.4 Å². The molecule has 0 saturated carbocycles. The first-order valence-corrected chi connectivity index (χ1v) is 9.82. The molecule has 0 fully saturated rings. The number of hydrogen-bond acceptors (Lipinski definition) is 0. The van der Waals surface area contributed by atoms with Crippen LogP contribution >= 0.6 is 0 Å². The summed E-state index contributed by atoms with van der Waals surface area (Å²) in [5.41, 5.74) is 0. The minimum atomic E-state index is -1.69. The summed E-state index contributed by atoms with van der Waals surface area (Å²) in [5.74, 6) is 0. The van der Waals surface area contributed by atoms with Gasteiger partial charge in [0.25, 0.3) is 0 Å². The van der Waals surface area contributed by atoms with Crippen LogP contribution in [-0.2, 0) is 0 Å². The summed E-state index contributed by atoms with van der Waals surface area (Å²) in [5, 5.41) is 0. The van der Waals surface area contributed by atoms with Gasteiger partial charge in [-0.2, -0.15) is 0 Å². The van der Waals surface area contributed by atoms with E-state index in [4.69, 9.17) is 0 Å². The van der Waals surface area contributed by atoms with E-state index in [-0.39, 0.29) is 0 Å². The van der Waals surface area contributed by atoms with Gasteiger partial charge >= 0.3 is 110 Å². The molecule has 17 heavy (non-hydrogen) atoms. The van der Waals surface area contributed by atoms with Crippen molar-refractivity contribution in [2.45, 2.75) is 24.7 Å². The average molecular weight is 281 g/mol. The van der Waals surface area contributed by atoms with Gasteiger partial charge in [0.2, 0.25) is 0 Å². The van der Waals surface area contributed by atoms with Gasteiger partial charge in [0.1, 0.15) is 0 Å². The van der Waals surface area contributed by atoms with Gasteiger partial charge in [-0.15, -0.1) is 0 Å². The van der Waals surface area contributed by atoms with E-state index in [1.807, 2.05) is 0 Å². The molecule has 2 rings (SSSR count). The SMILES string of the molecule is C[C](C)(C)[Ga]([c]1ccccc1)[c]1ccccc1. The summed E-state index contributed by atoms with van der Waals surface area (Å²) < 4.78 is 3.58. The van der Waals surface area contributed by atoms with Crippen LogP contribution in [0.5, 0.6) is 0 Å². The molecule has 0 aliphatic rings. The van der Waals surface area contributed by atoms with Crippen molar-refractivity contribution in [3.05, 3.63) is 60.7 Å². The maximum absolute atomic E-state index is 2.39. The molecular formula is C16H19Ga. The molecule has 2 aromatic rings. The van der Waals surface area contributed by atoms with E-state index in [1.165, 1.54) is 0 Å². The number of benzene rings is 2. The molecule has 0 unspecified atom stereocenters. The molecule has 2 aromatic carbocycles. The molecular weight excluding hydrogens is 262 g/mol. The Labute approximate surface area is 110 Å². The van der Waals surface area contributed by atoms with Gasteiger partial charge in [-0.05, 0) is 0 Å². The van der Waals surface area contributed by atoms with Crippen LogP contribution in [0.3, 0.4) is 0 Å². The Morgan fingerprint density at radius 2 is 1.00 bits per heavy atom. The first-order chi connectivity index (χ1) is 8.09. The monoisotopic (exact) mass is 280 g/mol. The molecule has 86 valence electrons. The van der Waals surface area contributed by atoms with Crippen molar-refractivity contribution in [1.29, 1.82) is 0 Å². The second-order valence-electron chi connectivity index (χ2n) is 5.62. The molecule has 0 spiro atoms. The third kappa shape index (κ3) is 3.05. The molecule has 0 heterocycles.